The molecule has 0 saturated heterocycles. The summed E-state index contributed by atoms with van der Waals surface area (Å²) in [7, 11) is 1.53. The molecule has 0 bridgehead atoms. The molecule has 0 aromatic carbocycles. The molecule has 3 aromatic rings. The monoisotopic (exact) mass is 501 g/mol. The van der Waals surface area contributed by atoms with Gasteiger partial charge in [-0.25, -0.2) is 19.3 Å². The molecule has 35 heavy (non-hydrogen) atoms. The van der Waals surface area contributed by atoms with Gasteiger partial charge in [-0.05, 0) is 30.9 Å². The van der Waals surface area contributed by atoms with Crippen molar-refractivity contribution < 1.29 is 19.4 Å². The first-order valence-electron chi connectivity index (χ1n) is 11.4. The summed E-state index contributed by atoms with van der Waals surface area (Å²) in [4.78, 5) is 32.3. The van der Waals surface area contributed by atoms with Crippen molar-refractivity contribution in [2.75, 3.05) is 12.8 Å². The summed E-state index contributed by atoms with van der Waals surface area (Å²) in [6.07, 6.45) is 5.58. The van der Waals surface area contributed by atoms with Gasteiger partial charge in [-0.1, -0.05) is 17.7 Å². The van der Waals surface area contributed by atoms with Crippen molar-refractivity contribution in [2.24, 2.45) is 0 Å². The molecule has 4 heterocycles. The van der Waals surface area contributed by atoms with Crippen LogP contribution < -0.4 is 11.1 Å². The lowest BCUT2D eigenvalue weighted by Crippen LogP contribution is -2.31. The van der Waals surface area contributed by atoms with E-state index in [0.717, 1.165) is 41.6 Å². The van der Waals surface area contributed by atoms with Gasteiger partial charge >= 0.3 is 6.09 Å². The second-order valence-corrected chi connectivity index (χ2v) is 8.97. The minimum Gasteiger partial charge on any atom is -0.446 e. The molecule has 2 amide bonds. The maximum atomic E-state index is 11.6. The maximum absolute atomic E-state index is 11.6. The van der Waals surface area contributed by atoms with Crippen LogP contribution in [0.25, 0.3) is 16.8 Å². The first kappa shape index (κ1) is 24.7. The average Bonchev–Trinajstić information content (AvgIpc) is 3.45. The Kier molecular flexibility index (Phi) is 7.37. The van der Waals surface area contributed by atoms with Crippen molar-refractivity contribution in [1.29, 1.82) is 0 Å². The standard InChI is InChI=1S/C15H13ClN6O.C8H15NO3/c1-8(23)21-6-9-2-3-12-10(4-19-22(12)13(9)7-21)14-11(16)5-18-15(17)20-14;1-9-8(11)12-7-4-2-3-6(10)5-7/h2-5H,6-7H2,1H3,(H2,17,18,20);6-7,10H,2-5H2,1H3,(H,9,11). The molecule has 1 aliphatic heterocycles. The molecule has 4 N–H and O–H groups in total. The van der Waals surface area contributed by atoms with Gasteiger partial charge in [0.2, 0.25) is 11.9 Å². The highest BCUT2D eigenvalue weighted by atomic mass is 35.5. The quantitative estimate of drug-likeness (QED) is 0.485. The van der Waals surface area contributed by atoms with E-state index in [9.17, 15) is 14.7 Å². The first-order valence-corrected chi connectivity index (χ1v) is 11.7. The summed E-state index contributed by atoms with van der Waals surface area (Å²) in [5.74, 6) is 0.209. The van der Waals surface area contributed by atoms with Gasteiger partial charge in [-0.3, -0.25) is 4.79 Å². The van der Waals surface area contributed by atoms with Crippen LogP contribution in [0.15, 0.2) is 24.5 Å². The Morgan fingerprint density at radius 1 is 1.26 bits per heavy atom. The molecule has 2 aliphatic rings. The number of rotatable bonds is 2. The summed E-state index contributed by atoms with van der Waals surface area (Å²) < 4.78 is 6.84. The maximum Gasteiger partial charge on any atom is 0.407 e. The van der Waals surface area contributed by atoms with Gasteiger partial charge in [0, 0.05) is 32.5 Å². The molecule has 11 nitrogen and oxygen atoms in total. The zero-order valence-electron chi connectivity index (χ0n) is 19.6. The second-order valence-electron chi connectivity index (χ2n) is 8.56. The minimum atomic E-state index is -0.408. The number of halogens is 1. The molecule has 2 unspecified atom stereocenters. The van der Waals surface area contributed by atoms with E-state index in [1.54, 1.807) is 18.0 Å². The van der Waals surface area contributed by atoms with Crippen LogP contribution in [-0.2, 0) is 22.6 Å². The van der Waals surface area contributed by atoms with E-state index in [1.807, 2.05) is 16.6 Å². The van der Waals surface area contributed by atoms with E-state index >= 15 is 0 Å². The molecule has 1 saturated carbocycles. The van der Waals surface area contributed by atoms with Crippen molar-refractivity contribution in [3.63, 3.8) is 0 Å². The third-order valence-electron chi connectivity index (χ3n) is 6.12. The molecule has 12 heteroatoms. The average molecular weight is 502 g/mol. The smallest absolute Gasteiger partial charge is 0.407 e. The van der Waals surface area contributed by atoms with E-state index < -0.39 is 6.09 Å². The number of alkyl carbamates (subject to hydrolysis) is 1. The Hall–Kier alpha value is -3.44. The number of ether oxygens (including phenoxy) is 1. The van der Waals surface area contributed by atoms with Gasteiger partial charge in [0.15, 0.2) is 0 Å². The number of hydrogen-bond acceptors (Lipinski definition) is 8. The molecule has 2 atom stereocenters. The Morgan fingerprint density at radius 2 is 2.06 bits per heavy atom. The molecule has 1 fully saturated rings. The Morgan fingerprint density at radius 3 is 2.77 bits per heavy atom. The Labute approximate surface area is 207 Å². The largest absolute Gasteiger partial charge is 0.446 e. The number of nitrogens with one attached hydrogen (secondary N) is 1. The fraction of sp³-hybridized carbons (Fsp3) is 0.435. The lowest BCUT2D eigenvalue weighted by molar-refractivity contribution is -0.129. The van der Waals surface area contributed by atoms with Gasteiger partial charge in [0.05, 0.1) is 47.0 Å². The van der Waals surface area contributed by atoms with Gasteiger partial charge in [-0.2, -0.15) is 5.10 Å². The van der Waals surface area contributed by atoms with E-state index in [4.69, 9.17) is 22.1 Å². The van der Waals surface area contributed by atoms with Gasteiger partial charge in [0.25, 0.3) is 0 Å². The molecular weight excluding hydrogens is 474 g/mol. The summed E-state index contributed by atoms with van der Waals surface area (Å²) in [6.45, 7) is 2.72. The van der Waals surface area contributed by atoms with Crippen LogP contribution in [0.4, 0.5) is 10.7 Å². The number of aliphatic hydroxyl groups excluding tert-OH is 1. The number of anilines is 1. The third-order valence-corrected chi connectivity index (χ3v) is 6.39. The van der Waals surface area contributed by atoms with E-state index in [-0.39, 0.29) is 24.1 Å². The highest BCUT2D eigenvalue weighted by Gasteiger charge is 2.25. The fourth-order valence-corrected chi connectivity index (χ4v) is 4.51. The molecule has 186 valence electrons. The predicted octanol–water partition coefficient (Wildman–Crippen LogP) is 2.53. The number of nitrogen functional groups attached to an aromatic ring is 1. The minimum absolute atomic E-state index is 0.0494. The van der Waals surface area contributed by atoms with Crippen molar-refractivity contribution >= 4 is 35.1 Å². The fourth-order valence-electron chi connectivity index (χ4n) is 4.31. The summed E-state index contributed by atoms with van der Waals surface area (Å²) in [5.41, 5.74) is 9.97. The number of nitrogens with zero attached hydrogens (tertiary/aromatic N) is 5. The number of fused-ring (bicyclic) bond motifs is 3. The van der Waals surface area contributed by atoms with Crippen molar-refractivity contribution in [2.45, 2.75) is 57.9 Å². The summed E-state index contributed by atoms with van der Waals surface area (Å²) >= 11 is 6.20. The predicted molar refractivity (Wildman–Crippen MR) is 129 cm³/mol. The molecule has 1 aliphatic carbocycles. The van der Waals surface area contributed by atoms with Crippen LogP contribution in [-0.4, -0.2) is 60.8 Å². The molecule has 3 aromatic heterocycles. The molecular formula is C23H28ClN7O4. The number of nitrogens with two attached hydrogens (primary N) is 1. The van der Waals surface area contributed by atoms with Crippen molar-refractivity contribution in [3.05, 3.63) is 40.8 Å². The number of carbonyl (C=O) groups is 2. The van der Waals surface area contributed by atoms with Crippen LogP contribution in [0.3, 0.4) is 0 Å². The second kappa shape index (κ2) is 10.4. The van der Waals surface area contributed by atoms with Crippen molar-refractivity contribution in [1.82, 2.24) is 29.8 Å². The number of aliphatic hydroxyl groups is 1. The number of hydrogen-bond donors (Lipinski definition) is 3. The van der Waals surface area contributed by atoms with Crippen LogP contribution >= 0.6 is 11.6 Å². The topological polar surface area (TPSA) is 148 Å². The zero-order chi connectivity index (χ0) is 25.1. The Balaban J connectivity index is 0.000000204. The van der Waals surface area contributed by atoms with E-state index in [0.29, 0.717) is 30.2 Å². The van der Waals surface area contributed by atoms with Crippen LogP contribution in [0.1, 0.15) is 43.9 Å². The van der Waals surface area contributed by atoms with Crippen LogP contribution in [0, 0.1) is 0 Å². The Bertz CT molecular complexity index is 1250. The third kappa shape index (κ3) is 5.46. The summed E-state index contributed by atoms with van der Waals surface area (Å²) in [6, 6.07) is 3.97. The first-order chi connectivity index (χ1) is 16.8. The van der Waals surface area contributed by atoms with Gasteiger partial charge < -0.3 is 25.8 Å². The van der Waals surface area contributed by atoms with Gasteiger partial charge in [0.1, 0.15) is 6.10 Å². The highest BCUT2D eigenvalue weighted by molar-refractivity contribution is 6.33. The van der Waals surface area contributed by atoms with E-state index in [1.165, 1.54) is 13.2 Å². The SMILES string of the molecule is CC(=O)N1Cc2ccc3c(-c4nc(N)ncc4Cl)cnn3c2C1.CNC(=O)OC1CCCC(O)C1. The normalized spacial score (nSPS) is 19.0. The van der Waals surface area contributed by atoms with Gasteiger partial charge in [-0.15, -0.1) is 0 Å². The van der Waals surface area contributed by atoms with Crippen molar-refractivity contribution in [3.8, 4) is 11.3 Å². The number of amides is 2. The highest BCUT2D eigenvalue weighted by Crippen LogP contribution is 2.32. The number of aromatic nitrogens is 4. The number of carbonyl (C=O) groups excluding carboxylic acids is 2. The molecule has 0 spiro atoms. The van der Waals surface area contributed by atoms with Crippen LogP contribution in [0.2, 0.25) is 5.02 Å². The summed E-state index contributed by atoms with van der Waals surface area (Å²) in [5, 5.41) is 16.5. The lowest BCUT2D eigenvalue weighted by atomic mass is 9.95. The molecule has 0 radical (unpaired) electrons. The number of pyridine rings is 1. The zero-order valence-corrected chi connectivity index (χ0v) is 20.3. The van der Waals surface area contributed by atoms with Crippen LogP contribution in [0.5, 0.6) is 0 Å². The van der Waals surface area contributed by atoms with E-state index in [2.05, 4.69) is 20.4 Å². The lowest BCUT2D eigenvalue weighted by Gasteiger charge is -2.25. The molecule has 5 rings (SSSR count).